The van der Waals surface area contributed by atoms with E-state index >= 15 is 0 Å². The van der Waals surface area contributed by atoms with Crippen molar-refractivity contribution in [2.24, 2.45) is 13.0 Å². The normalized spacial score (nSPS) is 18.9. The number of likely N-dealkylation sites (tertiary alicyclic amines) is 1. The molecule has 0 spiro atoms. The number of fused-ring (bicyclic) bond motifs is 5. The summed E-state index contributed by atoms with van der Waals surface area (Å²) in [6, 6.07) is 22.3. The lowest BCUT2D eigenvalue weighted by atomic mass is 9.83. The minimum absolute atomic E-state index is 0.0126. The second kappa shape index (κ2) is 9.24. The molecule has 0 aliphatic carbocycles. The molecule has 7 nitrogen and oxygen atoms in total. The summed E-state index contributed by atoms with van der Waals surface area (Å²) in [4.78, 5) is 41.4. The first-order valence-corrected chi connectivity index (χ1v) is 12.6. The molecular formula is C30H28N4O3. The fourth-order valence-corrected chi connectivity index (χ4v) is 5.81. The third-order valence-corrected chi connectivity index (χ3v) is 7.51. The molecule has 7 heteroatoms. The maximum atomic E-state index is 14.0. The molecule has 2 bridgehead atoms. The summed E-state index contributed by atoms with van der Waals surface area (Å²) < 4.78 is 3.87. The summed E-state index contributed by atoms with van der Waals surface area (Å²) in [6.07, 6.45) is 4.71. The van der Waals surface area contributed by atoms with Crippen LogP contribution in [0.3, 0.4) is 0 Å². The molecule has 1 fully saturated rings. The van der Waals surface area contributed by atoms with Crippen LogP contribution in [0.15, 0.2) is 89.5 Å². The van der Waals surface area contributed by atoms with Crippen LogP contribution >= 0.6 is 0 Å². The van der Waals surface area contributed by atoms with Gasteiger partial charge in [-0.15, -0.1) is 0 Å². The zero-order chi connectivity index (χ0) is 25.5. The highest BCUT2D eigenvalue weighted by Crippen LogP contribution is 2.35. The van der Waals surface area contributed by atoms with Crippen molar-refractivity contribution >= 4 is 28.8 Å². The van der Waals surface area contributed by atoms with Crippen LogP contribution < -0.4 is 10.9 Å². The summed E-state index contributed by atoms with van der Waals surface area (Å²) in [6.45, 7) is 1.66. The van der Waals surface area contributed by atoms with E-state index in [1.807, 2.05) is 63.7 Å². The van der Waals surface area contributed by atoms with Crippen LogP contribution in [0.2, 0.25) is 0 Å². The maximum absolute atomic E-state index is 14.0. The van der Waals surface area contributed by atoms with Crippen molar-refractivity contribution in [2.75, 3.05) is 13.1 Å². The van der Waals surface area contributed by atoms with Crippen LogP contribution in [0, 0.1) is 5.92 Å². The van der Waals surface area contributed by atoms with Crippen LogP contribution in [0.1, 0.15) is 34.0 Å². The SMILES string of the molecule is Cn1cc(/C=C(\NC(=O)c2ccccc2)C(=O)N2CC3C[C@@H](C2)Cn2c3cccc2=O)c2ccccc21. The van der Waals surface area contributed by atoms with Gasteiger partial charge in [0.1, 0.15) is 5.70 Å². The van der Waals surface area contributed by atoms with Gasteiger partial charge in [0.2, 0.25) is 0 Å². The van der Waals surface area contributed by atoms with Gasteiger partial charge >= 0.3 is 0 Å². The minimum atomic E-state index is -0.325. The Labute approximate surface area is 214 Å². The predicted octanol–water partition coefficient (Wildman–Crippen LogP) is 3.76. The molecule has 4 heterocycles. The van der Waals surface area contributed by atoms with Gasteiger partial charge in [-0.2, -0.15) is 0 Å². The fraction of sp³-hybridized carbons (Fsp3) is 0.233. The van der Waals surface area contributed by atoms with Crippen LogP contribution in [0.25, 0.3) is 17.0 Å². The third-order valence-electron chi connectivity index (χ3n) is 7.51. The number of carbonyl (C=O) groups excluding carboxylic acids is 2. The number of nitrogens with zero attached hydrogens (tertiary/aromatic N) is 3. The number of hydrogen-bond acceptors (Lipinski definition) is 3. The molecule has 2 aliphatic heterocycles. The summed E-state index contributed by atoms with van der Waals surface area (Å²) in [5.41, 5.74) is 3.64. The van der Waals surface area contributed by atoms with E-state index in [0.717, 1.165) is 28.6 Å². The first kappa shape index (κ1) is 23.0. The van der Waals surface area contributed by atoms with Gasteiger partial charge in [-0.05, 0) is 42.7 Å². The quantitative estimate of drug-likeness (QED) is 0.441. The van der Waals surface area contributed by atoms with E-state index < -0.39 is 0 Å². The van der Waals surface area contributed by atoms with Gasteiger partial charge in [0.05, 0.1) is 0 Å². The number of carbonyl (C=O) groups is 2. The third kappa shape index (κ3) is 4.27. The number of rotatable bonds is 4. The maximum Gasteiger partial charge on any atom is 0.270 e. The average molecular weight is 493 g/mol. The Morgan fingerprint density at radius 3 is 2.54 bits per heavy atom. The standard InChI is InChI=1S/C30H28N4O3/c1-32-18-22(24-10-5-6-11-27(24)32)15-25(31-29(36)21-8-3-2-4-9-21)30(37)33-16-20-14-23(19-33)26-12-7-13-28(35)34(26)17-20/h2-13,15,18,20,23H,14,16-17,19H2,1H3,(H,31,36)/b25-15-/t20-,23?/m0/s1. The van der Waals surface area contributed by atoms with Gasteiger partial charge < -0.3 is 19.4 Å². The molecule has 6 rings (SSSR count). The monoisotopic (exact) mass is 492 g/mol. The topological polar surface area (TPSA) is 76.3 Å². The highest BCUT2D eigenvalue weighted by Gasteiger charge is 2.37. The molecular weight excluding hydrogens is 464 g/mol. The van der Waals surface area contributed by atoms with Gasteiger partial charge in [-0.3, -0.25) is 14.4 Å². The number of benzene rings is 2. The molecule has 1 saturated heterocycles. The van der Waals surface area contributed by atoms with E-state index in [1.54, 1.807) is 42.5 Å². The molecule has 2 aliphatic rings. The molecule has 0 radical (unpaired) electrons. The Morgan fingerprint density at radius 1 is 0.919 bits per heavy atom. The van der Waals surface area contributed by atoms with Gasteiger partial charge in [-0.1, -0.05) is 42.5 Å². The van der Waals surface area contributed by atoms with Crippen LogP contribution in [0.4, 0.5) is 0 Å². The van der Waals surface area contributed by atoms with Crippen LogP contribution in [-0.2, 0) is 18.4 Å². The molecule has 2 amide bonds. The Kier molecular flexibility index (Phi) is 5.75. The molecule has 186 valence electrons. The number of para-hydroxylation sites is 1. The van der Waals surface area contributed by atoms with Crippen molar-refractivity contribution < 1.29 is 9.59 Å². The van der Waals surface area contributed by atoms with Crippen LogP contribution in [0.5, 0.6) is 0 Å². The number of piperidine rings is 1. The van der Waals surface area contributed by atoms with Gasteiger partial charge in [0.25, 0.3) is 17.4 Å². The largest absolute Gasteiger partial charge is 0.350 e. The molecule has 2 aromatic heterocycles. The average Bonchev–Trinajstić information content (AvgIpc) is 3.24. The lowest BCUT2D eigenvalue weighted by Gasteiger charge is -2.43. The summed E-state index contributed by atoms with van der Waals surface area (Å²) in [5.74, 6) is -0.249. The number of nitrogens with one attached hydrogen (secondary N) is 1. The lowest BCUT2D eigenvalue weighted by molar-refractivity contribution is -0.130. The van der Waals surface area contributed by atoms with Crippen molar-refractivity contribution in [3.8, 4) is 0 Å². The van der Waals surface area contributed by atoms with Gasteiger partial charge in [-0.25, -0.2) is 0 Å². The second-order valence-corrected chi connectivity index (χ2v) is 10.00. The van der Waals surface area contributed by atoms with Gasteiger partial charge in [0, 0.05) is 72.6 Å². The Balaban J connectivity index is 1.36. The number of pyridine rings is 1. The minimum Gasteiger partial charge on any atom is -0.350 e. The Morgan fingerprint density at radius 2 is 1.70 bits per heavy atom. The highest BCUT2D eigenvalue weighted by molar-refractivity contribution is 6.06. The number of hydrogen-bond donors (Lipinski definition) is 1. The number of aromatic nitrogens is 2. The van der Waals surface area contributed by atoms with Gasteiger partial charge in [0.15, 0.2) is 0 Å². The second-order valence-electron chi connectivity index (χ2n) is 10.00. The predicted molar refractivity (Wildman–Crippen MR) is 143 cm³/mol. The Bertz CT molecular complexity index is 1600. The molecule has 1 unspecified atom stereocenters. The van der Waals surface area contributed by atoms with Crippen molar-refractivity contribution in [3.63, 3.8) is 0 Å². The molecule has 2 aromatic carbocycles. The number of amides is 2. The van der Waals surface area contributed by atoms with Crippen molar-refractivity contribution in [2.45, 2.75) is 18.9 Å². The lowest BCUT2D eigenvalue weighted by Crippen LogP contribution is -2.50. The fourth-order valence-electron chi connectivity index (χ4n) is 5.81. The van der Waals surface area contributed by atoms with E-state index in [1.165, 1.54) is 0 Å². The molecule has 4 aromatic rings. The van der Waals surface area contributed by atoms with E-state index in [4.69, 9.17) is 0 Å². The van der Waals surface area contributed by atoms with Crippen molar-refractivity contribution in [1.82, 2.24) is 19.4 Å². The number of aryl methyl sites for hydroxylation is 1. The molecule has 37 heavy (non-hydrogen) atoms. The summed E-state index contributed by atoms with van der Waals surface area (Å²) in [5, 5.41) is 3.92. The summed E-state index contributed by atoms with van der Waals surface area (Å²) in [7, 11) is 1.97. The van der Waals surface area contributed by atoms with E-state index in [0.29, 0.717) is 25.2 Å². The highest BCUT2D eigenvalue weighted by atomic mass is 16.2. The van der Waals surface area contributed by atoms with E-state index in [9.17, 15) is 14.4 Å². The first-order valence-electron chi connectivity index (χ1n) is 12.6. The molecule has 0 saturated carbocycles. The zero-order valence-electron chi connectivity index (χ0n) is 20.6. The molecule has 2 atom stereocenters. The Hall–Kier alpha value is -4.39. The van der Waals surface area contributed by atoms with Crippen LogP contribution in [-0.4, -0.2) is 38.9 Å². The zero-order valence-corrected chi connectivity index (χ0v) is 20.6. The van der Waals surface area contributed by atoms with Crippen molar-refractivity contribution in [1.29, 1.82) is 0 Å². The first-order chi connectivity index (χ1) is 18.0. The smallest absolute Gasteiger partial charge is 0.270 e. The van der Waals surface area contributed by atoms with Crippen molar-refractivity contribution in [3.05, 3.63) is 112 Å². The summed E-state index contributed by atoms with van der Waals surface area (Å²) >= 11 is 0. The molecule has 1 N–H and O–H groups in total. The van der Waals surface area contributed by atoms with E-state index in [2.05, 4.69) is 5.32 Å². The van der Waals surface area contributed by atoms with E-state index in [-0.39, 0.29) is 34.9 Å².